The zero-order valence-electron chi connectivity index (χ0n) is 12.5. The van der Waals surface area contributed by atoms with Crippen LogP contribution < -0.4 is 15.2 Å². The van der Waals surface area contributed by atoms with E-state index in [1.54, 1.807) is 14.2 Å². The Bertz CT molecular complexity index is 406. The van der Waals surface area contributed by atoms with Crippen molar-refractivity contribution >= 4 is 12.4 Å². The van der Waals surface area contributed by atoms with Gasteiger partial charge in [0.05, 0.1) is 14.2 Å². The summed E-state index contributed by atoms with van der Waals surface area (Å²) in [6.07, 6.45) is 1.19. The minimum Gasteiger partial charge on any atom is -0.497 e. The average molecular weight is 301 g/mol. The van der Waals surface area contributed by atoms with Crippen LogP contribution in [-0.2, 0) is 6.54 Å². The summed E-state index contributed by atoms with van der Waals surface area (Å²) >= 11 is 0. The molecule has 2 rings (SSSR count). The molecule has 2 N–H and O–H groups in total. The van der Waals surface area contributed by atoms with E-state index < -0.39 is 0 Å². The highest BCUT2D eigenvalue weighted by atomic mass is 35.5. The summed E-state index contributed by atoms with van der Waals surface area (Å²) in [5.41, 5.74) is 7.00. The van der Waals surface area contributed by atoms with Gasteiger partial charge in [0, 0.05) is 25.2 Å². The molecule has 0 aromatic heterocycles. The molecule has 1 aliphatic heterocycles. The molecular weight excluding hydrogens is 276 g/mol. The van der Waals surface area contributed by atoms with Crippen molar-refractivity contribution in [1.29, 1.82) is 0 Å². The molecule has 20 heavy (non-hydrogen) atoms. The molecule has 0 saturated carbocycles. The van der Waals surface area contributed by atoms with Crippen molar-refractivity contribution in [3.8, 4) is 11.5 Å². The number of hydrogen-bond donors (Lipinski definition) is 1. The summed E-state index contributed by atoms with van der Waals surface area (Å²) < 4.78 is 10.6. The normalized spacial score (nSPS) is 22.4. The van der Waals surface area contributed by atoms with Gasteiger partial charge in [-0.05, 0) is 43.5 Å². The molecule has 0 bridgehead atoms. The number of nitrogens with zero attached hydrogens (tertiary/aromatic N) is 1. The van der Waals surface area contributed by atoms with E-state index in [0.29, 0.717) is 12.0 Å². The second-order valence-electron chi connectivity index (χ2n) is 5.34. The zero-order valence-corrected chi connectivity index (χ0v) is 13.3. The Morgan fingerprint density at radius 1 is 1.20 bits per heavy atom. The summed E-state index contributed by atoms with van der Waals surface area (Å²) in [5.74, 6) is 2.32. The second-order valence-corrected chi connectivity index (χ2v) is 5.34. The smallest absolute Gasteiger partial charge is 0.122 e. The Hall–Kier alpha value is -0.970. The van der Waals surface area contributed by atoms with Gasteiger partial charge in [0.25, 0.3) is 0 Å². The van der Waals surface area contributed by atoms with Gasteiger partial charge in [-0.1, -0.05) is 0 Å². The third kappa shape index (κ3) is 4.01. The maximum atomic E-state index is 5.78. The summed E-state index contributed by atoms with van der Waals surface area (Å²) in [6, 6.07) is 6.64. The van der Waals surface area contributed by atoms with Gasteiger partial charge in [0.15, 0.2) is 0 Å². The maximum Gasteiger partial charge on any atom is 0.122 e. The van der Waals surface area contributed by atoms with Gasteiger partial charge in [-0.2, -0.15) is 0 Å². The first-order valence-corrected chi connectivity index (χ1v) is 6.82. The van der Waals surface area contributed by atoms with Crippen LogP contribution in [0, 0.1) is 5.92 Å². The van der Waals surface area contributed by atoms with Gasteiger partial charge in [0.1, 0.15) is 11.5 Å². The Labute approximate surface area is 127 Å². The third-order valence-electron chi connectivity index (χ3n) is 3.92. The Balaban J connectivity index is 0.00000200. The predicted molar refractivity (Wildman–Crippen MR) is 83.8 cm³/mol. The Morgan fingerprint density at radius 3 is 2.25 bits per heavy atom. The summed E-state index contributed by atoms with van der Waals surface area (Å²) in [7, 11) is 3.36. The molecule has 2 unspecified atom stereocenters. The van der Waals surface area contributed by atoms with E-state index in [4.69, 9.17) is 15.2 Å². The molecule has 1 aliphatic rings. The molecule has 1 aromatic rings. The van der Waals surface area contributed by atoms with Crippen LogP contribution in [0.3, 0.4) is 0 Å². The molecule has 0 amide bonds. The van der Waals surface area contributed by atoms with Crippen molar-refractivity contribution in [2.45, 2.75) is 25.9 Å². The van der Waals surface area contributed by atoms with Crippen LogP contribution in [0.15, 0.2) is 18.2 Å². The van der Waals surface area contributed by atoms with Crippen molar-refractivity contribution < 1.29 is 9.47 Å². The van der Waals surface area contributed by atoms with Crippen molar-refractivity contribution in [2.24, 2.45) is 11.7 Å². The quantitative estimate of drug-likeness (QED) is 0.906. The van der Waals surface area contributed by atoms with Crippen molar-refractivity contribution in [1.82, 2.24) is 4.90 Å². The minimum absolute atomic E-state index is 0. The van der Waals surface area contributed by atoms with Gasteiger partial charge in [-0.25, -0.2) is 0 Å². The van der Waals surface area contributed by atoms with E-state index in [1.165, 1.54) is 12.0 Å². The van der Waals surface area contributed by atoms with Gasteiger partial charge < -0.3 is 15.2 Å². The van der Waals surface area contributed by atoms with Crippen LogP contribution >= 0.6 is 12.4 Å². The molecule has 1 heterocycles. The third-order valence-corrected chi connectivity index (χ3v) is 3.92. The standard InChI is InChI=1S/C15H24N2O2.ClH/c1-11-4-13(8-16)10-17(11)9-12-5-14(18-2)7-15(6-12)19-3;/h5-7,11,13H,4,8-10,16H2,1-3H3;1H. The first kappa shape index (κ1) is 17.1. The van der Waals surface area contributed by atoms with Crippen LogP contribution in [0.25, 0.3) is 0 Å². The van der Waals surface area contributed by atoms with Crippen molar-refractivity contribution in [2.75, 3.05) is 27.3 Å². The number of methoxy groups -OCH3 is 2. The molecule has 0 spiro atoms. The number of benzene rings is 1. The van der Waals surface area contributed by atoms with Gasteiger partial charge in [0.2, 0.25) is 0 Å². The van der Waals surface area contributed by atoms with Crippen LogP contribution in [0.2, 0.25) is 0 Å². The van der Waals surface area contributed by atoms with E-state index in [0.717, 1.165) is 31.1 Å². The number of rotatable bonds is 5. The minimum atomic E-state index is 0. The van der Waals surface area contributed by atoms with E-state index in [2.05, 4.69) is 24.0 Å². The maximum absolute atomic E-state index is 5.78. The highest BCUT2D eigenvalue weighted by Crippen LogP contribution is 2.27. The van der Waals surface area contributed by atoms with Crippen molar-refractivity contribution in [3.05, 3.63) is 23.8 Å². The molecular formula is C15H25ClN2O2. The molecule has 1 saturated heterocycles. The second kappa shape index (κ2) is 7.72. The molecule has 2 atom stereocenters. The van der Waals surface area contributed by atoms with E-state index in [1.807, 2.05) is 6.07 Å². The summed E-state index contributed by atoms with van der Waals surface area (Å²) in [6.45, 7) is 5.05. The first-order valence-electron chi connectivity index (χ1n) is 6.82. The highest BCUT2D eigenvalue weighted by Gasteiger charge is 2.27. The topological polar surface area (TPSA) is 47.7 Å². The van der Waals surface area contributed by atoms with E-state index >= 15 is 0 Å². The molecule has 114 valence electrons. The Kier molecular flexibility index (Phi) is 6.59. The lowest BCUT2D eigenvalue weighted by atomic mass is 10.1. The number of likely N-dealkylation sites (tertiary alicyclic amines) is 1. The largest absolute Gasteiger partial charge is 0.497 e. The average Bonchev–Trinajstić information content (AvgIpc) is 2.79. The fourth-order valence-electron chi connectivity index (χ4n) is 2.80. The lowest BCUT2D eigenvalue weighted by molar-refractivity contribution is 0.255. The molecule has 1 fully saturated rings. The molecule has 4 nitrogen and oxygen atoms in total. The first-order chi connectivity index (χ1) is 9.16. The highest BCUT2D eigenvalue weighted by molar-refractivity contribution is 5.85. The SMILES string of the molecule is COc1cc(CN2CC(CN)CC2C)cc(OC)c1.Cl. The number of ether oxygens (including phenoxy) is 2. The fraction of sp³-hybridized carbons (Fsp3) is 0.600. The van der Waals surface area contributed by atoms with Crippen molar-refractivity contribution in [3.63, 3.8) is 0 Å². The van der Waals surface area contributed by atoms with Gasteiger partial charge >= 0.3 is 0 Å². The molecule has 5 heteroatoms. The molecule has 1 aromatic carbocycles. The van der Waals surface area contributed by atoms with Crippen LogP contribution in [0.5, 0.6) is 11.5 Å². The van der Waals surface area contributed by atoms with E-state index in [9.17, 15) is 0 Å². The Morgan fingerprint density at radius 2 is 1.80 bits per heavy atom. The number of hydrogen-bond acceptors (Lipinski definition) is 4. The van der Waals surface area contributed by atoms with E-state index in [-0.39, 0.29) is 12.4 Å². The zero-order chi connectivity index (χ0) is 13.8. The number of halogens is 1. The van der Waals surface area contributed by atoms with Gasteiger partial charge in [-0.15, -0.1) is 12.4 Å². The van der Waals surface area contributed by atoms with Gasteiger partial charge in [-0.3, -0.25) is 4.90 Å². The lowest BCUT2D eigenvalue weighted by Crippen LogP contribution is -2.27. The molecule has 0 aliphatic carbocycles. The van der Waals surface area contributed by atoms with Crippen LogP contribution in [-0.4, -0.2) is 38.3 Å². The predicted octanol–water partition coefficient (Wildman–Crippen LogP) is 2.29. The van der Waals surface area contributed by atoms with Crippen LogP contribution in [0.4, 0.5) is 0 Å². The summed E-state index contributed by atoms with van der Waals surface area (Å²) in [4.78, 5) is 2.48. The monoisotopic (exact) mass is 300 g/mol. The lowest BCUT2D eigenvalue weighted by Gasteiger charge is -2.21. The van der Waals surface area contributed by atoms with Crippen LogP contribution in [0.1, 0.15) is 18.9 Å². The number of nitrogens with two attached hydrogens (primary N) is 1. The molecule has 0 radical (unpaired) electrons. The summed E-state index contributed by atoms with van der Waals surface area (Å²) in [5, 5.41) is 0. The fourth-order valence-corrected chi connectivity index (χ4v) is 2.80.